The molecule has 0 unspecified atom stereocenters. The van der Waals surface area contributed by atoms with E-state index in [0.29, 0.717) is 11.6 Å². The number of nitrogens with zero attached hydrogens (tertiary/aromatic N) is 1. The minimum absolute atomic E-state index is 0.210. The van der Waals surface area contributed by atoms with Crippen LogP contribution in [0.5, 0.6) is 0 Å². The van der Waals surface area contributed by atoms with Crippen molar-refractivity contribution >= 4 is 33.2 Å². The number of carboxylic acids is 1. The van der Waals surface area contributed by atoms with E-state index < -0.39 is 5.97 Å². The molecule has 5 nitrogen and oxygen atoms in total. The Morgan fingerprint density at radius 2 is 2.23 bits per heavy atom. The standard InChI is InChI=1S/C16H21N3O2S/c1-2-3-10-8-11(9-4-6-18-7-5-9)19-15-12(10)13(17)14(22-15)16(20)21/h8-9,18H,2-7,17H2,1H3,(H,20,21). The van der Waals surface area contributed by atoms with Gasteiger partial charge in [-0.3, -0.25) is 0 Å². The van der Waals surface area contributed by atoms with Crippen molar-refractivity contribution in [3.63, 3.8) is 0 Å². The van der Waals surface area contributed by atoms with Crippen molar-refractivity contribution < 1.29 is 9.90 Å². The van der Waals surface area contributed by atoms with Crippen LogP contribution in [-0.4, -0.2) is 29.1 Å². The monoisotopic (exact) mass is 319 g/mol. The lowest BCUT2D eigenvalue weighted by molar-refractivity contribution is 0.0703. The van der Waals surface area contributed by atoms with Gasteiger partial charge in [0.25, 0.3) is 0 Å². The van der Waals surface area contributed by atoms with E-state index in [-0.39, 0.29) is 4.88 Å². The number of anilines is 1. The predicted molar refractivity (Wildman–Crippen MR) is 89.8 cm³/mol. The van der Waals surface area contributed by atoms with Crippen LogP contribution in [-0.2, 0) is 6.42 Å². The van der Waals surface area contributed by atoms with E-state index in [1.165, 1.54) is 11.3 Å². The molecule has 0 radical (unpaired) electrons. The lowest BCUT2D eigenvalue weighted by Crippen LogP contribution is -2.27. The summed E-state index contributed by atoms with van der Waals surface area (Å²) in [6.07, 6.45) is 4.06. The number of nitrogen functional groups attached to an aromatic ring is 1. The number of aryl methyl sites for hydroxylation is 1. The van der Waals surface area contributed by atoms with Crippen molar-refractivity contribution in [1.82, 2.24) is 10.3 Å². The van der Waals surface area contributed by atoms with Crippen LogP contribution in [0.25, 0.3) is 10.2 Å². The maximum absolute atomic E-state index is 11.3. The van der Waals surface area contributed by atoms with Crippen LogP contribution < -0.4 is 11.1 Å². The number of thiophene rings is 1. The average molecular weight is 319 g/mol. The highest BCUT2D eigenvalue weighted by Crippen LogP contribution is 2.37. The number of piperidine rings is 1. The highest BCUT2D eigenvalue weighted by atomic mass is 32.1. The molecule has 0 aliphatic carbocycles. The van der Waals surface area contributed by atoms with E-state index in [1.54, 1.807) is 0 Å². The molecule has 3 heterocycles. The lowest BCUT2D eigenvalue weighted by atomic mass is 9.92. The zero-order chi connectivity index (χ0) is 15.7. The van der Waals surface area contributed by atoms with E-state index in [4.69, 9.17) is 10.7 Å². The highest BCUT2D eigenvalue weighted by molar-refractivity contribution is 7.21. The first kappa shape index (κ1) is 15.2. The number of nitrogens with one attached hydrogen (secondary N) is 1. The average Bonchev–Trinajstić information content (AvgIpc) is 2.86. The number of hydrogen-bond donors (Lipinski definition) is 3. The molecule has 0 amide bonds. The number of nitrogens with two attached hydrogens (primary N) is 1. The summed E-state index contributed by atoms with van der Waals surface area (Å²) in [6.45, 7) is 4.15. The van der Waals surface area contributed by atoms with Gasteiger partial charge in [0.1, 0.15) is 9.71 Å². The Morgan fingerprint density at radius 1 is 1.50 bits per heavy atom. The van der Waals surface area contributed by atoms with Gasteiger partial charge in [0, 0.05) is 17.0 Å². The van der Waals surface area contributed by atoms with Gasteiger partial charge < -0.3 is 16.2 Å². The number of fused-ring (bicyclic) bond motifs is 1. The first-order valence-electron chi connectivity index (χ1n) is 7.77. The van der Waals surface area contributed by atoms with Gasteiger partial charge >= 0.3 is 5.97 Å². The molecule has 0 saturated carbocycles. The maximum atomic E-state index is 11.3. The molecular formula is C16H21N3O2S. The fourth-order valence-electron chi connectivity index (χ4n) is 3.17. The second-order valence-corrected chi connectivity index (χ2v) is 6.81. The van der Waals surface area contributed by atoms with Crippen LogP contribution in [0, 0.1) is 0 Å². The smallest absolute Gasteiger partial charge is 0.348 e. The molecule has 3 rings (SSSR count). The highest BCUT2D eigenvalue weighted by Gasteiger charge is 2.23. The minimum Gasteiger partial charge on any atom is -0.477 e. The molecule has 0 bridgehead atoms. The fourth-order valence-corrected chi connectivity index (χ4v) is 4.16. The molecular weight excluding hydrogens is 298 g/mol. The van der Waals surface area contributed by atoms with Crippen LogP contribution in [0.2, 0.25) is 0 Å². The summed E-state index contributed by atoms with van der Waals surface area (Å²) in [5, 5.41) is 13.5. The molecule has 118 valence electrons. The Balaban J connectivity index is 2.14. The normalized spacial score (nSPS) is 16.2. The Kier molecular flexibility index (Phi) is 4.31. The molecule has 0 aromatic carbocycles. The molecule has 1 aliphatic heterocycles. The first-order chi connectivity index (χ1) is 10.6. The van der Waals surface area contributed by atoms with Crippen molar-refractivity contribution in [2.45, 2.75) is 38.5 Å². The van der Waals surface area contributed by atoms with Crippen LogP contribution in [0.15, 0.2) is 6.07 Å². The van der Waals surface area contributed by atoms with Crippen molar-refractivity contribution in [1.29, 1.82) is 0 Å². The van der Waals surface area contributed by atoms with Crippen LogP contribution >= 0.6 is 11.3 Å². The SMILES string of the molecule is CCCc1cc(C2CCNCC2)nc2sc(C(=O)O)c(N)c12. The molecule has 0 spiro atoms. The Labute approximate surface area is 133 Å². The molecule has 1 fully saturated rings. The largest absolute Gasteiger partial charge is 0.477 e. The third kappa shape index (κ3) is 2.68. The van der Waals surface area contributed by atoms with E-state index in [9.17, 15) is 9.90 Å². The zero-order valence-electron chi connectivity index (χ0n) is 12.7. The second kappa shape index (κ2) is 6.22. The van der Waals surface area contributed by atoms with Gasteiger partial charge in [-0.1, -0.05) is 13.3 Å². The minimum atomic E-state index is -0.966. The van der Waals surface area contributed by atoms with Gasteiger partial charge in [-0.25, -0.2) is 9.78 Å². The summed E-state index contributed by atoms with van der Waals surface area (Å²) in [5.41, 5.74) is 8.69. The number of hydrogen-bond acceptors (Lipinski definition) is 5. The molecule has 2 aromatic heterocycles. The molecule has 6 heteroatoms. The van der Waals surface area contributed by atoms with Gasteiger partial charge in [0.15, 0.2) is 0 Å². The quantitative estimate of drug-likeness (QED) is 0.806. The van der Waals surface area contributed by atoms with E-state index in [1.807, 2.05) is 0 Å². The summed E-state index contributed by atoms with van der Waals surface area (Å²) in [7, 11) is 0. The zero-order valence-corrected chi connectivity index (χ0v) is 13.5. The molecule has 4 N–H and O–H groups in total. The molecule has 2 aromatic rings. The number of pyridine rings is 1. The van der Waals surface area contributed by atoms with E-state index in [0.717, 1.165) is 60.2 Å². The van der Waals surface area contributed by atoms with Gasteiger partial charge in [-0.15, -0.1) is 11.3 Å². The molecule has 0 atom stereocenters. The number of aromatic carboxylic acids is 1. The Hall–Kier alpha value is -1.66. The molecule has 1 aliphatic rings. The number of aromatic nitrogens is 1. The number of rotatable bonds is 4. The van der Waals surface area contributed by atoms with Gasteiger partial charge in [-0.05, 0) is 44.0 Å². The van der Waals surface area contributed by atoms with Gasteiger partial charge in [0.05, 0.1) is 5.69 Å². The van der Waals surface area contributed by atoms with Gasteiger partial charge in [-0.2, -0.15) is 0 Å². The maximum Gasteiger partial charge on any atom is 0.348 e. The number of carbonyl (C=O) groups is 1. The summed E-state index contributed by atoms with van der Waals surface area (Å²) in [5.74, 6) is -0.510. The lowest BCUT2D eigenvalue weighted by Gasteiger charge is -2.22. The van der Waals surface area contributed by atoms with E-state index in [2.05, 4.69) is 18.3 Å². The van der Waals surface area contributed by atoms with Crippen LogP contribution in [0.1, 0.15) is 53.0 Å². The first-order valence-corrected chi connectivity index (χ1v) is 8.59. The fraction of sp³-hybridized carbons (Fsp3) is 0.500. The summed E-state index contributed by atoms with van der Waals surface area (Å²) >= 11 is 1.20. The van der Waals surface area contributed by atoms with Crippen LogP contribution in [0.3, 0.4) is 0 Å². The summed E-state index contributed by atoms with van der Waals surface area (Å²) in [4.78, 5) is 17.1. The topological polar surface area (TPSA) is 88.2 Å². The predicted octanol–water partition coefficient (Wildman–Crippen LogP) is 3.00. The Bertz CT molecular complexity index is 705. The molecule has 1 saturated heterocycles. The van der Waals surface area contributed by atoms with E-state index >= 15 is 0 Å². The number of carboxylic acid groups (broad SMARTS) is 1. The Morgan fingerprint density at radius 3 is 2.86 bits per heavy atom. The third-order valence-electron chi connectivity index (χ3n) is 4.27. The summed E-state index contributed by atoms with van der Waals surface area (Å²) < 4.78 is 0. The van der Waals surface area contributed by atoms with Crippen molar-refractivity contribution in [2.24, 2.45) is 0 Å². The van der Waals surface area contributed by atoms with Crippen LogP contribution in [0.4, 0.5) is 5.69 Å². The van der Waals surface area contributed by atoms with Crippen molar-refractivity contribution in [3.8, 4) is 0 Å². The second-order valence-electron chi connectivity index (χ2n) is 5.81. The third-order valence-corrected chi connectivity index (χ3v) is 5.36. The van der Waals surface area contributed by atoms with Crippen molar-refractivity contribution in [3.05, 3.63) is 22.2 Å². The van der Waals surface area contributed by atoms with Crippen molar-refractivity contribution in [2.75, 3.05) is 18.8 Å². The molecule has 22 heavy (non-hydrogen) atoms. The summed E-state index contributed by atoms with van der Waals surface area (Å²) in [6, 6.07) is 2.15. The van der Waals surface area contributed by atoms with Gasteiger partial charge in [0.2, 0.25) is 0 Å².